The molecule has 2 N–H and O–H groups in total. The second-order valence-electron chi connectivity index (χ2n) is 5.78. The summed E-state index contributed by atoms with van der Waals surface area (Å²) in [5, 5.41) is 3.37. The summed E-state index contributed by atoms with van der Waals surface area (Å²) < 4.78 is 47.4. The van der Waals surface area contributed by atoms with Gasteiger partial charge in [-0.05, 0) is 17.7 Å². The van der Waals surface area contributed by atoms with Crippen molar-refractivity contribution in [3.8, 4) is 11.5 Å². The zero-order chi connectivity index (χ0) is 18.6. The first-order valence-corrected chi connectivity index (χ1v) is 8.02. The Labute approximate surface area is 147 Å². The SMILES string of the molecule is NC(=NCc1cccc(-c2nc(CC(F)(F)F)no2)c1)N1CCOCC1. The molecule has 10 heteroatoms. The van der Waals surface area contributed by atoms with Crippen molar-refractivity contribution in [3.05, 3.63) is 35.7 Å². The summed E-state index contributed by atoms with van der Waals surface area (Å²) in [5.41, 5.74) is 7.34. The fraction of sp³-hybridized carbons (Fsp3) is 0.438. The summed E-state index contributed by atoms with van der Waals surface area (Å²) in [4.78, 5) is 10.1. The van der Waals surface area contributed by atoms with Gasteiger partial charge in [0, 0.05) is 18.7 Å². The zero-order valence-electron chi connectivity index (χ0n) is 13.9. The fourth-order valence-electron chi connectivity index (χ4n) is 2.49. The van der Waals surface area contributed by atoms with Gasteiger partial charge in [-0.1, -0.05) is 17.3 Å². The van der Waals surface area contributed by atoms with Crippen molar-refractivity contribution in [3.63, 3.8) is 0 Å². The summed E-state index contributed by atoms with van der Waals surface area (Å²) in [6.07, 6.45) is -5.61. The molecule has 1 aliphatic rings. The van der Waals surface area contributed by atoms with Gasteiger partial charge in [0.05, 0.1) is 19.8 Å². The van der Waals surface area contributed by atoms with Crippen LogP contribution in [0.4, 0.5) is 13.2 Å². The minimum atomic E-state index is -4.38. The van der Waals surface area contributed by atoms with E-state index in [-0.39, 0.29) is 5.89 Å². The molecule has 2 heterocycles. The van der Waals surface area contributed by atoms with Gasteiger partial charge in [-0.3, -0.25) is 0 Å². The number of guanidine groups is 1. The van der Waals surface area contributed by atoms with Crippen LogP contribution in [0.2, 0.25) is 0 Å². The number of rotatable bonds is 4. The van der Waals surface area contributed by atoms with Gasteiger partial charge < -0.3 is 19.9 Å². The Bertz CT molecular complexity index is 769. The second kappa shape index (κ2) is 7.73. The highest BCUT2D eigenvalue weighted by Gasteiger charge is 2.30. The topological polar surface area (TPSA) is 89.8 Å². The normalized spacial score (nSPS) is 16.1. The number of alkyl halides is 3. The van der Waals surface area contributed by atoms with Crippen molar-refractivity contribution in [1.82, 2.24) is 15.0 Å². The summed E-state index contributed by atoms with van der Waals surface area (Å²) in [5.74, 6) is 0.0765. The summed E-state index contributed by atoms with van der Waals surface area (Å²) >= 11 is 0. The van der Waals surface area contributed by atoms with Gasteiger partial charge in [0.15, 0.2) is 11.8 Å². The van der Waals surface area contributed by atoms with E-state index in [4.69, 9.17) is 15.0 Å². The van der Waals surface area contributed by atoms with E-state index in [1.165, 1.54) is 0 Å². The van der Waals surface area contributed by atoms with Crippen LogP contribution in [-0.2, 0) is 17.7 Å². The number of benzene rings is 1. The zero-order valence-corrected chi connectivity index (χ0v) is 13.9. The Hall–Kier alpha value is -2.62. The number of aromatic nitrogens is 2. The van der Waals surface area contributed by atoms with E-state index in [1.54, 1.807) is 18.2 Å². The highest BCUT2D eigenvalue weighted by atomic mass is 19.4. The van der Waals surface area contributed by atoms with Crippen LogP contribution in [0, 0.1) is 0 Å². The van der Waals surface area contributed by atoms with Crippen molar-refractivity contribution >= 4 is 5.96 Å². The molecule has 1 saturated heterocycles. The molecule has 0 aliphatic carbocycles. The number of nitrogens with two attached hydrogens (primary N) is 1. The summed E-state index contributed by atoms with van der Waals surface area (Å²) in [6.45, 7) is 2.95. The number of hydrogen-bond acceptors (Lipinski definition) is 5. The number of ether oxygens (including phenoxy) is 1. The van der Waals surface area contributed by atoms with Gasteiger partial charge in [0.1, 0.15) is 6.42 Å². The number of hydrogen-bond donors (Lipinski definition) is 1. The molecule has 1 fully saturated rings. The van der Waals surface area contributed by atoms with Crippen LogP contribution >= 0.6 is 0 Å². The van der Waals surface area contributed by atoms with E-state index in [2.05, 4.69) is 15.1 Å². The average molecular weight is 369 g/mol. The lowest BCUT2D eigenvalue weighted by Crippen LogP contribution is -2.44. The van der Waals surface area contributed by atoms with Crippen LogP contribution in [0.1, 0.15) is 11.4 Å². The molecule has 0 radical (unpaired) electrons. The first kappa shape index (κ1) is 18.2. The molecule has 0 atom stereocenters. The molecule has 7 nitrogen and oxygen atoms in total. The van der Waals surface area contributed by atoms with Gasteiger partial charge in [0.25, 0.3) is 5.89 Å². The maximum atomic E-state index is 12.4. The van der Waals surface area contributed by atoms with Crippen LogP contribution < -0.4 is 5.73 Å². The van der Waals surface area contributed by atoms with Crippen molar-refractivity contribution in [1.29, 1.82) is 0 Å². The molecule has 0 saturated carbocycles. The van der Waals surface area contributed by atoms with Gasteiger partial charge in [-0.2, -0.15) is 18.2 Å². The molecule has 3 rings (SSSR count). The van der Waals surface area contributed by atoms with Crippen molar-refractivity contribution in [2.24, 2.45) is 10.7 Å². The van der Waals surface area contributed by atoms with E-state index in [9.17, 15) is 13.2 Å². The smallest absolute Gasteiger partial charge is 0.378 e. The summed E-state index contributed by atoms with van der Waals surface area (Å²) in [6, 6.07) is 7.01. The van der Waals surface area contributed by atoms with Crippen LogP contribution in [-0.4, -0.2) is 53.5 Å². The van der Waals surface area contributed by atoms with Crippen LogP contribution in [0.3, 0.4) is 0 Å². The van der Waals surface area contributed by atoms with E-state index in [0.717, 1.165) is 5.56 Å². The molecule has 0 bridgehead atoms. The van der Waals surface area contributed by atoms with Crippen molar-refractivity contribution in [2.75, 3.05) is 26.3 Å². The molecular formula is C16H18F3N5O2. The van der Waals surface area contributed by atoms with E-state index in [1.807, 2.05) is 11.0 Å². The van der Waals surface area contributed by atoms with Crippen LogP contribution in [0.15, 0.2) is 33.8 Å². The minimum absolute atomic E-state index is 0.0382. The monoisotopic (exact) mass is 369 g/mol. The fourth-order valence-corrected chi connectivity index (χ4v) is 2.49. The molecule has 0 unspecified atom stereocenters. The predicted octanol–water partition coefficient (Wildman–Crippen LogP) is 1.99. The Balaban J connectivity index is 1.68. The molecule has 1 aliphatic heterocycles. The predicted molar refractivity (Wildman–Crippen MR) is 87.2 cm³/mol. The largest absolute Gasteiger partial charge is 0.396 e. The molecule has 140 valence electrons. The number of morpholine rings is 1. The minimum Gasteiger partial charge on any atom is -0.378 e. The standard InChI is InChI=1S/C16H18F3N5O2/c17-16(18,19)9-13-22-14(26-23-13)12-3-1-2-11(8-12)10-21-15(20)24-4-6-25-7-5-24/h1-3,8H,4-7,9-10H2,(H2,20,21). The van der Waals surface area contributed by atoms with E-state index in [0.29, 0.717) is 44.4 Å². The molecule has 1 aromatic heterocycles. The van der Waals surface area contributed by atoms with Crippen molar-refractivity contribution < 1.29 is 22.4 Å². The Kier molecular flexibility index (Phi) is 5.40. The first-order chi connectivity index (χ1) is 12.4. The van der Waals surface area contributed by atoms with Gasteiger partial charge >= 0.3 is 6.18 Å². The maximum absolute atomic E-state index is 12.4. The van der Waals surface area contributed by atoms with E-state index >= 15 is 0 Å². The number of halogens is 3. The third kappa shape index (κ3) is 4.94. The molecule has 1 aromatic carbocycles. The Morgan fingerprint density at radius 1 is 1.27 bits per heavy atom. The molecule has 26 heavy (non-hydrogen) atoms. The lowest BCUT2D eigenvalue weighted by molar-refractivity contribution is -0.128. The van der Waals surface area contributed by atoms with Crippen molar-refractivity contribution in [2.45, 2.75) is 19.1 Å². The second-order valence-corrected chi connectivity index (χ2v) is 5.78. The highest BCUT2D eigenvalue weighted by Crippen LogP contribution is 2.23. The number of aliphatic imine (C=N–C) groups is 1. The molecule has 0 spiro atoms. The highest BCUT2D eigenvalue weighted by molar-refractivity contribution is 5.78. The molecular weight excluding hydrogens is 351 g/mol. The van der Waals surface area contributed by atoms with Crippen LogP contribution in [0.25, 0.3) is 11.5 Å². The average Bonchev–Trinajstić information content (AvgIpc) is 3.07. The third-order valence-electron chi connectivity index (χ3n) is 3.76. The quantitative estimate of drug-likeness (QED) is 0.655. The lowest BCUT2D eigenvalue weighted by Gasteiger charge is -2.27. The van der Waals surface area contributed by atoms with Crippen LogP contribution in [0.5, 0.6) is 0 Å². The first-order valence-electron chi connectivity index (χ1n) is 8.02. The van der Waals surface area contributed by atoms with E-state index < -0.39 is 18.4 Å². The van der Waals surface area contributed by atoms with Gasteiger partial charge in [-0.25, -0.2) is 4.99 Å². The Morgan fingerprint density at radius 3 is 2.77 bits per heavy atom. The Morgan fingerprint density at radius 2 is 2.04 bits per heavy atom. The van der Waals surface area contributed by atoms with Gasteiger partial charge in [-0.15, -0.1) is 0 Å². The molecule has 2 aromatic rings. The maximum Gasteiger partial charge on any atom is 0.396 e. The third-order valence-corrected chi connectivity index (χ3v) is 3.76. The van der Waals surface area contributed by atoms with Gasteiger partial charge in [0.2, 0.25) is 0 Å². The number of nitrogens with zero attached hydrogens (tertiary/aromatic N) is 4. The summed E-state index contributed by atoms with van der Waals surface area (Å²) in [7, 11) is 0. The lowest BCUT2D eigenvalue weighted by atomic mass is 10.1. The molecule has 0 amide bonds.